The molecule has 1 aromatic carbocycles. The number of terminal acetylenes is 1. The number of hydrogen-bond donors (Lipinski definition) is 3. The van der Waals surface area contributed by atoms with Crippen LogP contribution >= 0.6 is 0 Å². The smallest absolute Gasteiger partial charge is 0.329 e. The van der Waals surface area contributed by atoms with Crippen LogP contribution in [0.3, 0.4) is 0 Å². The van der Waals surface area contributed by atoms with Crippen molar-refractivity contribution in [3.63, 3.8) is 0 Å². The lowest BCUT2D eigenvalue weighted by atomic mass is 10.3. The number of anilines is 3. The van der Waals surface area contributed by atoms with Gasteiger partial charge in [0.1, 0.15) is 11.9 Å². The van der Waals surface area contributed by atoms with Gasteiger partial charge in [0.25, 0.3) is 0 Å². The Labute approximate surface area is 120 Å². The van der Waals surface area contributed by atoms with Gasteiger partial charge in [-0.05, 0) is 24.3 Å². The molecule has 0 aliphatic heterocycles. The maximum atomic E-state index is 10.9. The minimum absolute atomic E-state index is 0.0363. The average Bonchev–Trinajstić information content (AvgIpc) is 2.47. The van der Waals surface area contributed by atoms with Crippen LogP contribution in [-0.2, 0) is 0 Å². The highest BCUT2D eigenvalue weighted by Crippen LogP contribution is 2.23. The number of nitro groups is 1. The molecule has 0 aliphatic rings. The maximum Gasteiger partial charge on any atom is 0.329 e. The van der Waals surface area contributed by atoms with Gasteiger partial charge >= 0.3 is 5.69 Å². The first-order valence-corrected chi connectivity index (χ1v) is 5.85. The molecule has 2 rings (SSSR count). The molecule has 1 heterocycles. The molecule has 8 nitrogen and oxygen atoms in total. The van der Waals surface area contributed by atoms with Gasteiger partial charge in [0.05, 0.1) is 11.5 Å². The Kier molecular flexibility index (Phi) is 4.16. The van der Waals surface area contributed by atoms with Crippen molar-refractivity contribution < 1.29 is 10.0 Å². The van der Waals surface area contributed by atoms with Crippen molar-refractivity contribution in [3.05, 3.63) is 40.6 Å². The number of nitrogens with one attached hydrogen (secondary N) is 2. The standard InChI is InChI=1S/C13H11N5O3/c1-2-7-14-12-11(18(20)21)8-15-13(17-12)16-9-3-5-10(19)6-4-9/h1,3-6,8,19H,7H2,(H2,14,15,16,17). The first kappa shape index (κ1) is 14.1. The Balaban J connectivity index is 2.26. The fourth-order valence-electron chi connectivity index (χ4n) is 1.51. The fourth-order valence-corrected chi connectivity index (χ4v) is 1.51. The van der Waals surface area contributed by atoms with Crippen molar-refractivity contribution in [3.8, 4) is 18.1 Å². The first-order valence-electron chi connectivity index (χ1n) is 5.85. The molecule has 0 spiro atoms. The summed E-state index contributed by atoms with van der Waals surface area (Å²) in [6.45, 7) is 0.108. The largest absolute Gasteiger partial charge is 0.508 e. The van der Waals surface area contributed by atoms with E-state index in [0.29, 0.717) is 5.69 Å². The van der Waals surface area contributed by atoms with E-state index in [1.165, 1.54) is 12.1 Å². The van der Waals surface area contributed by atoms with Gasteiger partial charge in [-0.1, -0.05) is 5.92 Å². The quantitative estimate of drug-likeness (QED) is 0.332. The average molecular weight is 285 g/mol. The fraction of sp³-hybridized carbons (Fsp3) is 0.0769. The molecule has 0 amide bonds. The van der Waals surface area contributed by atoms with Crippen LogP contribution in [0.2, 0.25) is 0 Å². The highest BCUT2D eigenvalue weighted by atomic mass is 16.6. The Bertz CT molecular complexity index is 694. The van der Waals surface area contributed by atoms with Gasteiger partial charge < -0.3 is 15.7 Å². The summed E-state index contributed by atoms with van der Waals surface area (Å²) in [5, 5.41) is 25.6. The van der Waals surface area contributed by atoms with Crippen molar-refractivity contribution in [2.24, 2.45) is 0 Å². The van der Waals surface area contributed by atoms with E-state index < -0.39 is 4.92 Å². The molecule has 0 bridgehead atoms. The van der Waals surface area contributed by atoms with Gasteiger partial charge in [0.15, 0.2) is 0 Å². The minimum atomic E-state index is -0.594. The Morgan fingerprint density at radius 1 is 1.38 bits per heavy atom. The molecular weight excluding hydrogens is 274 g/mol. The molecule has 0 unspecified atom stereocenters. The summed E-state index contributed by atoms with van der Waals surface area (Å²) < 4.78 is 0. The second-order valence-electron chi connectivity index (χ2n) is 3.91. The molecular formula is C13H11N5O3. The van der Waals surface area contributed by atoms with Crippen LogP contribution in [0.1, 0.15) is 0 Å². The van der Waals surface area contributed by atoms with Crippen LogP contribution in [-0.4, -0.2) is 26.5 Å². The summed E-state index contributed by atoms with van der Waals surface area (Å²) in [5.74, 6) is 2.65. The predicted octanol–water partition coefficient (Wildman–Crippen LogP) is 1.88. The zero-order valence-electron chi connectivity index (χ0n) is 10.8. The van der Waals surface area contributed by atoms with Crippen LogP contribution in [0, 0.1) is 22.5 Å². The van der Waals surface area contributed by atoms with Gasteiger partial charge in [-0.3, -0.25) is 10.1 Å². The lowest BCUT2D eigenvalue weighted by Gasteiger charge is -2.07. The zero-order chi connectivity index (χ0) is 15.2. The Morgan fingerprint density at radius 2 is 2.10 bits per heavy atom. The summed E-state index contributed by atoms with van der Waals surface area (Å²) >= 11 is 0. The summed E-state index contributed by atoms with van der Waals surface area (Å²) in [7, 11) is 0. The molecule has 0 saturated carbocycles. The highest BCUT2D eigenvalue weighted by Gasteiger charge is 2.16. The molecule has 3 N–H and O–H groups in total. The molecule has 8 heteroatoms. The lowest BCUT2D eigenvalue weighted by Crippen LogP contribution is -2.07. The normalized spacial score (nSPS) is 9.67. The van der Waals surface area contributed by atoms with Gasteiger partial charge in [0.2, 0.25) is 11.8 Å². The summed E-state index contributed by atoms with van der Waals surface area (Å²) in [5.41, 5.74) is 0.367. The van der Waals surface area contributed by atoms with Crippen LogP contribution < -0.4 is 10.6 Å². The van der Waals surface area contributed by atoms with Gasteiger partial charge in [0, 0.05) is 5.69 Å². The van der Waals surface area contributed by atoms with E-state index in [4.69, 9.17) is 6.42 Å². The second kappa shape index (κ2) is 6.21. The summed E-state index contributed by atoms with van der Waals surface area (Å²) in [4.78, 5) is 18.2. The van der Waals surface area contributed by atoms with Crippen molar-refractivity contribution in [1.82, 2.24) is 9.97 Å². The van der Waals surface area contributed by atoms with Crippen LogP contribution in [0.15, 0.2) is 30.5 Å². The third kappa shape index (κ3) is 3.57. The monoisotopic (exact) mass is 285 g/mol. The molecule has 0 fully saturated rings. The first-order chi connectivity index (χ1) is 10.1. The molecule has 0 atom stereocenters. The molecule has 0 saturated heterocycles. The van der Waals surface area contributed by atoms with Gasteiger partial charge in [-0.25, -0.2) is 4.98 Å². The number of hydrogen-bond acceptors (Lipinski definition) is 7. The molecule has 2 aromatic rings. The van der Waals surface area contributed by atoms with E-state index in [1.807, 2.05) is 0 Å². The highest BCUT2D eigenvalue weighted by molar-refractivity contribution is 5.61. The van der Waals surface area contributed by atoms with E-state index in [2.05, 4.69) is 26.5 Å². The van der Waals surface area contributed by atoms with E-state index >= 15 is 0 Å². The lowest BCUT2D eigenvalue weighted by molar-refractivity contribution is -0.384. The Morgan fingerprint density at radius 3 is 2.71 bits per heavy atom. The van der Waals surface area contributed by atoms with Crippen LogP contribution in [0.4, 0.5) is 23.1 Å². The van der Waals surface area contributed by atoms with Gasteiger partial charge in [-0.2, -0.15) is 4.98 Å². The predicted molar refractivity (Wildman–Crippen MR) is 77.4 cm³/mol. The number of aromatic nitrogens is 2. The maximum absolute atomic E-state index is 10.9. The SMILES string of the molecule is C#CCNc1nc(Nc2ccc(O)cc2)ncc1[N+](=O)[O-]. The topological polar surface area (TPSA) is 113 Å². The Hall–Kier alpha value is -3.34. The van der Waals surface area contributed by atoms with Crippen molar-refractivity contribution in [2.75, 3.05) is 17.2 Å². The third-order valence-corrected chi connectivity index (χ3v) is 2.45. The van der Waals surface area contributed by atoms with Crippen molar-refractivity contribution >= 4 is 23.1 Å². The zero-order valence-corrected chi connectivity index (χ0v) is 10.8. The number of aromatic hydroxyl groups is 1. The van der Waals surface area contributed by atoms with E-state index in [9.17, 15) is 15.2 Å². The number of benzene rings is 1. The van der Waals surface area contributed by atoms with E-state index in [-0.39, 0.29) is 29.7 Å². The van der Waals surface area contributed by atoms with Crippen molar-refractivity contribution in [2.45, 2.75) is 0 Å². The molecule has 0 aliphatic carbocycles. The number of rotatable bonds is 5. The third-order valence-electron chi connectivity index (χ3n) is 2.45. The van der Waals surface area contributed by atoms with Crippen molar-refractivity contribution in [1.29, 1.82) is 0 Å². The van der Waals surface area contributed by atoms with Crippen LogP contribution in [0.25, 0.3) is 0 Å². The second-order valence-corrected chi connectivity index (χ2v) is 3.91. The summed E-state index contributed by atoms with van der Waals surface area (Å²) in [6.07, 6.45) is 6.21. The van der Waals surface area contributed by atoms with E-state index in [1.54, 1.807) is 12.1 Å². The molecule has 0 radical (unpaired) electrons. The number of phenolic OH excluding ortho intramolecular Hbond substituents is 1. The van der Waals surface area contributed by atoms with Crippen LogP contribution in [0.5, 0.6) is 5.75 Å². The van der Waals surface area contributed by atoms with E-state index in [0.717, 1.165) is 6.20 Å². The van der Waals surface area contributed by atoms with Gasteiger partial charge in [-0.15, -0.1) is 6.42 Å². The molecule has 106 valence electrons. The molecule has 21 heavy (non-hydrogen) atoms. The minimum Gasteiger partial charge on any atom is -0.508 e. The number of nitrogens with zero attached hydrogens (tertiary/aromatic N) is 3. The summed E-state index contributed by atoms with van der Waals surface area (Å²) in [6, 6.07) is 6.22. The molecule has 1 aromatic heterocycles. The number of phenols is 1.